The average molecular weight is 407 g/mol. The number of rotatable bonds is 7. The first kappa shape index (κ1) is 19.7. The lowest BCUT2D eigenvalue weighted by Gasteiger charge is -2.24. The zero-order valence-corrected chi connectivity index (χ0v) is 17.2. The smallest absolute Gasteiger partial charge is 0.220 e. The van der Waals surface area contributed by atoms with E-state index in [1.165, 1.54) is 16.0 Å². The molecule has 0 bridgehead atoms. The molecule has 29 heavy (non-hydrogen) atoms. The molecule has 0 fully saturated rings. The van der Waals surface area contributed by atoms with Gasteiger partial charge in [0, 0.05) is 43.0 Å². The van der Waals surface area contributed by atoms with Gasteiger partial charge in [0.15, 0.2) is 0 Å². The number of fused-ring (bicyclic) bond motifs is 1. The van der Waals surface area contributed by atoms with Crippen molar-refractivity contribution in [2.24, 2.45) is 0 Å². The molecule has 2 heterocycles. The van der Waals surface area contributed by atoms with E-state index in [1.54, 1.807) is 11.3 Å². The van der Waals surface area contributed by atoms with Crippen LogP contribution in [0.25, 0.3) is 0 Å². The van der Waals surface area contributed by atoms with Gasteiger partial charge in [-0.05, 0) is 29.5 Å². The van der Waals surface area contributed by atoms with E-state index >= 15 is 0 Å². The van der Waals surface area contributed by atoms with Gasteiger partial charge in [-0.25, -0.2) is 0 Å². The van der Waals surface area contributed by atoms with Crippen molar-refractivity contribution in [2.45, 2.75) is 25.5 Å². The van der Waals surface area contributed by atoms with Gasteiger partial charge in [-0.2, -0.15) is 0 Å². The predicted octanol–water partition coefficient (Wildman–Crippen LogP) is 4.43. The Kier molecular flexibility index (Phi) is 6.60. The summed E-state index contributed by atoms with van der Waals surface area (Å²) in [6.07, 6.45) is 1.33. The number of thiophene rings is 1. The van der Waals surface area contributed by atoms with Gasteiger partial charge >= 0.3 is 0 Å². The number of aryl methyl sites for hydroxylation is 1. The van der Waals surface area contributed by atoms with Crippen LogP contribution < -0.4 is 10.1 Å². The van der Waals surface area contributed by atoms with Crippen LogP contribution in [0.4, 0.5) is 0 Å². The molecule has 2 aromatic carbocycles. The number of nitrogens with one attached hydrogen (secondary N) is 1. The molecule has 4 rings (SSSR count). The van der Waals surface area contributed by atoms with Crippen molar-refractivity contribution < 1.29 is 9.53 Å². The van der Waals surface area contributed by atoms with Gasteiger partial charge in [-0.1, -0.05) is 54.6 Å². The first-order valence-electron chi connectivity index (χ1n) is 10.1. The first-order valence-corrected chi connectivity index (χ1v) is 11.0. The molecular weight excluding hydrogens is 380 g/mol. The minimum atomic E-state index is -0.0191. The quantitative estimate of drug-likeness (QED) is 0.631. The lowest BCUT2D eigenvalue weighted by Crippen LogP contribution is -2.36. The van der Waals surface area contributed by atoms with E-state index in [0.29, 0.717) is 13.0 Å². The number of benzene rings is 2. The maximum absolute atomic E-state index is 12.2. The molecule has 1 aliphatic rings. The van der Waals surface area contributed by atoms with E-state index in [4.69, 9.17) is 4.74 Å². The molecule has 0 saturated carbocycles. The number of hydrogen-bond acceptors (Lipinski definition) is 4. The molecule has 0 unspecified atom stereocenters. The number of nitrogens with zero attached hydrogens (tertiary/aromatic N) is 1. The van der Waals surface area contributed by atoms with Crippen molar-refractivity contribution in [3.63, 3.8) is 0 Å². The summed E-state index contributed by atoms with van der Waals surface area (Å²) >= 11 is 1.70. The third-order valence-corrected chi connectivity index (χ3v) is 6.10. The Hall–Kier alpha value is -2.63. The van der Waals surface area contributed by atoms with Crippen LogP contribution in [-0.4, -0.2) is 30.4 Å². The minimum Gasteiger partial charge on any atom is -0.484 e. The second-order valence-electron chi connectivity index (χ2n) is 7.29. The van der Waals surface area contributed by atoms with Crippen LogP contribution in [0.15, 0.2) is 72.1 Å². The molecule has 0 aliphatic carbocycles. The highest BCUT2D eigenvalue weighted by Gasteiger charge is 2.23. The lowest BCUT2D eigenvalue weighted by atomic mass is 10.1. The van der Waals surface area contributed by atoms with E-state index in [1.807, 2.05) is 36.4 Å². The molecule has 1 aromatic heterocycles. The molecule has 0 spiro atoms. The Morgan fingerprint density at radius 3 is 2.72 bits per heavy atom. The second-order valence-corrected chi connectivity index (χ2v) is 8.32. The maximum Gasteiger partial charge on any atom is 0.220 e. The second kappa shape index (κ2) is 9.72. The molecule has 1 atom stereocenters. The zero-order chi connectivity index (χ0) is 19.9. The van der Waals surface area contributed by atoms with Gasteiger partial charge in [-0.3, -0.25) is 9.69 Å². The Morgan fingerprint density at radius 2 is 1.90 bits per heavy atom. The van der Waals surface area contributed by atoms with Crippen molar-refractivity contribution in [3.05, 3.63) is 88.1 Å². The van der Waals surface area contributed by atoms with Gasteiger partial charge in [0.05, 0.1) is 0 Å². The highest BCUT2D eigenvalue weighted by Crippen LogP contribution is 2.30. The molecule has 0 radical (unpaired) electrons. The monoisotopic (exact) mass is 406 g/mol. The van der Waals surface area contributed by atoms with Gasteiger partial charge in [-0.15, -0.1) is 11.3 Å². The largest absolute Gasteiger partial charge is 0.484 e. The van der Waals surface area contributed by atoms with Gasteiger partial charge < -0.3 is 10.1 Å². The third kappa shape index (κ3) is 5.46. The Balaban J connectivity index is 1.35. The molecule has 4 nitrogen and oxygen atoms in total. The van der Waals surface area contributed by atoms with Gasteiger partial charge in [0.25, 0.3) is 0 Å². The van der Waals surface area contributed by atoms with E-state index in [0.717, 1.165) is 31.8 Å². The van der Waals surface area contributed by atoms with Crippen LogP contribution in [0.1, 0.15) is 28.5 Å². The summed E-state index contributed by atoms with van der Waals surface area (Å²) in [5.74, 6) is 1.06. The minimum absolute atomic E-state index is 0.0191. The summed E-state index contributed by atoms with van der Waals surface area (Å²) in [4.78, 5) is 15.8. The standard InChI is InChI=1S/C24H26N2O2S/c27-24(13-12-21-10-6-16-29-21)25-14-15-26-17-20-9-4-5-11-22(20)28-23(18-26)19-7-2-1-3-8-19/h1-11,16,23H,12-15,17-18H2,(H,25,27)/t23-/m0/s1. The maximum atomic E-state index is 12.2. The fourth-order valence-corrected chi connectivity index (χ4v) is 4.33. The van der Waals surface area contributed by atoms with Crippen LogP contribution in [-0.2, 0) is 17.8 Å². The van der Waals surface area contributed by atoms with Crippen molar-refractivity contribution in [1.29, 1.82) is 0 Å². The Morgan fingerprint density at radius 1 is 1.07 bits per heavy atom. The normalized spacial score (nSPS) is 16.5. The zero-order valence-electron chi connectivity index (χ0n) is 16.4. The lowest BCUT2D eigenvalue weighted by molar-refractivity contribution is -0.121. The fraction of sp³-hybridized carbons (Fsp3) is 0.292. The number of amides is 1. The number of para-hydroxylation sites is 1. The van der Waals surface area contributed by atoms with Crippen molar-refractivity contribution in [1.82, 2.24) is 10.2 Å². The topological polar surface area (TPSA) is 41.6 Å². The Bertz CT molecular complexity index is 912. The summed E-state index contributed by atoms with van der Waals surface area (Å²) in [5.41, 5.74) is 2.36. The van der Waals surface area contributed by atoms with Gasteiger partial charge in [0.1, 0.15) is 11.9 Å². The number of carbonyl (C=O) groups excluding carboxylic acids is 1. The van der Waals surface area contributed by atoms with Crippen LogP contribution in [0.3, 0.4) is 0 Å². The molecule has 1 N–H and O–H groups in total. The van der Waals surface area contributed by atoms with Crippen molar-refractivity contribution in [2.75, 3.05) is 19.6 Å². The third-order valence-electron chi connectivity index (χ3n) is 5.16. The number of hydrogen-bond donors (Lipinski definition) is 1. The fourth-order valence-electron chi connectivity index (χ4n) is 3.62. The SMILES string of the molecule is O=C(CCc1cccs1)NCCN1Cc2ccccc2O[C@H](c2ccccc2)C1. The van der Waals surface area contributed by atoms with Crippen LogP contribution in [0.5, 0.6) is 5.75 Å². The molecule has 1 aliphatic heterocycles. The van der Waals surface area contributed by atoms with E-state index in [-0.39, 0.29) is 12.0 Å². The van der Waals surface area contributed by atoms with Gasteiger partial charge in [0.2, 0.25) is 5.91 Å². The van der Waals surface area contributed by atoms with E-state index in [9.17, 15) is 4.79 Å². The van der Waals surface area contributed by atoms with Crippen LogP contribution in [0, 0.1) is 0 Å². The molecule has 150 valence electrons. The highest BCUT2D eigenvalue weighted by atomic mass is 32.1. The number of ether oxygens (including phenoxy) is 1. The first-order chi connectivity index (χ1) is 14.3. The summed E-state index contributed by atoms with van der Waals surface area (Å²) in [6.45, 7) is 3.06. The summed E-state index contributed by atoms with van der Waals surface area (Å²) in [7, 11) is 0. The Labute approximate surface area is 176 Å². The number of carbonyl (C=O) groups is 1. The van der Waals surface area contributed by atoms with Crippen molar-refractivity contribution >= 4 is 17.2 Å². The van der Waals surface area contributed by atoms with Crippen LogP contribution >= 0.6 is 11.3 Å². The molecule has 3 aromatic rings. The van der Waals surface area contributed by atoms with Crippen molar-refractivity contribution in [3.8, 4) is 5.75 Å². The van der Waals surface area contributed by atoms with E-state index < -0.39 is 0 Å². The molecule has 0 saturated heterocycles. The summed E-state index contributed by atoms with van der Waals surface area (Å²) < 4.78 is 6.35. The average Bonchev–Trinajstić information content (AvgIpc) is 3.20. The predicted molar refractivity (Wildman–Crippen MR) is 117 cm³/mol. The summed E-state index contributed by atoms with van der Waals surface area (Å²) in [5, 5.41) is 5.13. The summed E-state index contributed by atoms with van der Waals surface area (Å²) in [6, 6.07) is 22.7. The van der Waals surface area contributed by atoms with E-state index in [2.05, 4.69) is 45.9 Å². The highest BCUT2D eigenvalue weighted by molar-refractivity contribution is 7.09. The molecule has 1 amide bonds. The molecular formula is C24H26N2O2S. The molecule has 5 heteroatoms. The van der Waals surface area contributed by atoms with Crippen LogP contribution in [0.2, 0.25) is 0 Å².